The molecule has 0 spiro atoms. The summed E-state index contributed by atoms with van der Waals surface area (Å²) in [4.78, 5) is 3.83. The highest BCUT2D eigenvalue weighted by atomic mass is 19.3. The molecule has 0 aromatic heterocycles. The Bertz CT molecular complexity index is 243. The molecule has 4 heteroatoms. The molecule has 0 N–H and O–H groups in total. The smallest absolute Gasteiger partial charge is 0.260 e. The predicted octanol–water partition coefficient (Wildman–Crippen LogP) is 3.97. The third-order valence-electron chi connectivity index (χ3n) is 3.52. The van der Waals surface area contributed by atoms with Crippen molar-refractivity contribution in [2.24, 2.45) is 11.8 Å². The summed E-state index contributed by atoms with van der Waals surface area (Å²) in [6.07, 6.45) is 3.27. The van der Waals surface area contributed by atoms with Gasteiger partial charge in [0.2, 0.25) is 0 Å². The molecule has 0 radical (unpaired) electrons. The summed E-state index contributed by atoms with van der Waals surface area (Å²) in [5.74, 6) is -1.76. The SMILES string of the molecule is CC(C)CCCN(C)CCC(C)CC(F)(F)CN(C)C. The van der Waals surface area contributed by atoms with E-state index in [2.05, 4.69) is 25.8 Å². The highest BCUT2D eigenvalue weighted by molar-refractivity contribution is 4.73. The van der Waals surface area contributed by atoms with Crippen LogP contribution in [0.5, 0.6) is 0 Å². The second-order valence-corrected chi connectivity index (χ2v) is 7.03. The van der Waals surface area contributed by atoms with Crippen molar-refractivity contribution < 1.29 is 8.78 Å². The van der Waals surface area contributed by atoms with Crippen LogP contribution in [0.1, 0.15) is 46.5 Å². The van der Waals surface area contributed by atoms with Crippen molar-refractivity contribution in [2.45, 2.75) is 52.4 Å². The van der Waals surface area contributed by atoms with Gasteiger partial charge in [-0.2, -0.15) is 0 Å². The van der Waals surface area contributed by atoms with E-state index in [-0.39, 0.29) is 18.9 Å². The summed E-state index contributed by atoms with van der Waals surface area (Å²) in [7, 11) is 5.48. The average molecular weight is 292 g/mol. The minimum absolute atomic E-state index is 0.00891. The van der Waals surface area contributed by atoms with Crippen molar-refractivity contribution in [3.05, 3.63) is 0 Å². The summed E-state index contributed by atoms with van der Waals surface area (Å²) >= 11 is 0. The van der Waals surface area contributed by atoms with Crippen molar-refractivity contribution in [1.82, 2.24) is 9.80 Å². The Balaban J connectivity index is 3.83. The fraction of sp³-hybridized carbons (Fsp3) is 1.00. The van der Waals surface area contributed by atoms with Gasteiger partial charge in [0.25, 0.3) is 5.92 Å². The molecular formula is C16H34F2N2. The second kappa shape index (κ2) is 9.67. The van der Waals surface area contributed by atoms with Crippen molar-refractivity contribution >= 4 is 0 Å². The predicted molar refractivity (Wildman–Crippen MR) is 83.5 cm³/mol. The van der Waals surface area contributed by atoms with Crippen LogP contribution in [-0.2, 0) is 0 Å². The Morgan fingerprint density at radius 2 is 1.55 bits per heavy atom. The highest BCUT2D eigenvalue weighted by Gasteiger charge is 2.31. The standard InChI is InChI=1S/C16H34F2N2/c1-14(2)8-7-10-20(6)11-9-15(3)12-16(17,18)13-19(4)5/h14-15H,7-13H2,1-6H3. The van der Waals surface area contributed by atoms with E-state index in [0.717, 1.165) is 25.4 Å². The summed E-state index contributed by atoms with van der Waals surface area (Å²) < 4.78 is 27.4. The number of alkyl halides is 2. The maximum absolute atomic E-state index is 13.7. The van der Waals surface area contributed by atoms with Crippen LogP contribution >= 0.6 is 0 Å². The van der Waals surface area contributed by atoms with Gasteiger partial charge in [0.1, 0.15) is 0 Å². The fourth-order valence-electron chi connectivity index (χ4n) is 2.46. The lowest BCUT2D eigenvalue weighted by Crippen LogP contribution is -2.34. The van der Waals surface area contributed by atoms with Gasteiger partial charge in [-0.3, -0.25) is 0 Å². The summed E-state index contributed by atoms with van der Waals surface area (Å²) in [6, 6.07) is 0. The molecule has 0 aliphatic carbocycles. The molecule has 122 valence electrons. The molecule has 0 aliphatic rings. The molecule has 0 saturated carbocycles. The zero-order valence-corrected chi connectivity index (χ0v) is 14.3. The zero-order chi connectivity index (χ0) is 15.8. The van der Waals surface area contributed by atoms with Gasteiger partial charge in [-0.05, 0) is 65.3 Å². The van der Waals surface area contributed by atoms with E-state index < -0.39 is 5.92 Å². The minimum atomic E-state index is -2.57. The lowest BCUT2D eigenvalue weighted by Gasteiger charge is -2.25. The van der Waals surface area contributed by atoms with Crippen molar-refractivity contribution in [1.29, 1.82) is 0 Å². The van der Waals surface area contributed by atoms with E-state index in [1.807, 2.05) is 6.92 Å². The largest absolute Gasteiger partial charge is 0.306 e. The van der Waals surface area contributed by atoms with E-state index >= 15 is 0 Å². The minimum Gasteiger partial charge on any atom is -0.306 e. The molecule has 1 unspecified atom stereocenters. The molecule has 0 aromatic carbocycles. The molecule has 0 heterocycles. The molecule has 20 heavy (non-hydrogen) atoms. The van der Waals surface area contributed by atoms with Crippen LogP contribution in [0.3, 0.4) is 0 Å². The number of nitrogens with zero attached hydrogens (tertiary/aromatic N) is 2. The quantitative estimate of drug-likeness (QED) is 0.568. The number of hydrogen-bond donors (Lipinski definition) is 0. The first-order chi connectivity index (χ1) is 9.12. The molecule has 0 aliphatic heterocycles. The first-order valence-electron chi connectivity index (χ1n) is 7.83. The van der Waals surface area contributed by atoms with Crippen LogP contribution in [0, 0.1) is 11.8 Å². The van der Waals surface area contributed by atoms with Crippen LogP contribution in [0.4, 0.5) is 8.78 Å². The lowest BCUT2D eigenvalue weighted by atomic mass is 9.98. The Hall–Kier alpha value is -0.220. The summed E-state index contributed by atoms with van der Waals surface area (Å²) in [5, 5.41) is 0. The molecule has 0 fully saturated rings. The van der Waals surface area contributed by atoms with Gasteiger partial charge in [-0.1, -0.05) is 20.8 Å². The normalized spacial score (nSPS) is 14.6. The van der Waals surface area contributed by atoms with E-state index in [4.69, 9.17) is 0 Å². The number of hydrogen-bond acceptors (Lipinski definition) is 2. The Kier molecular flexibility index (Phi) is 9.56. The Labute approximate surface area is 124 Å². The van der Waals surface area contributed by atoms with E-state index in [9.17, 15) is 8.78 Å². The zero-order valence-electron chi connectivity index (χ0n) is 14.3. The molecule has 0 bridgehead atoms. The van der Waals surface area contributed by atoms with Gasteiger partial charge in [-0.25, -0.2) is 8.78 Å². The first kappa shape index (κ1) is 19.8. The van der Waals surface area contributed by atoms with Gasteiger partial charge in [0.15, 0.2) is 0 Å². The fourth-order valence-corrected chi connectivity index (χ4v) is 2.46. The molecule has 1 atom stereocenters. The van der Waals surface area contributed by atoms with E-state index in [0.29, 0.717) is 0 Å². The van der Waals surface area contributed by atoms with Crippen molar-refractivity contribution in [3.63, 3.8) is 0 Å². The van der Waals surface area contributed by atoms with E-state index in [1.54, 1.807) is 19.0 Å². The second-order valence-electron chi connectivity index (χ2n) is 7.03. The van der Waals surface area contributed by atoms with Gasteiger partial charge in [-0.15, -0.1) is 0 Å². The third kappa shape index (κ3) is 11.6. The van der Waals surface area contributed by atoms with E-state index in [1.165, 1.54) is 12.8 Å². The molecule has 0 amide bonds. The Morgan fingerprint density at radius 3 is 2.05 bits per heavy atom. The van der Waals surface area contributed by atoms with Crippen LogP contribution < -0.4 is 0 Å². The topological polar surface area (TPSA) is 6.48 Å². The molecule has 0 aromatic rings. The van der Waals surface area contributed by atoms with Crippen LogP contribution in [0.15, 0.2) is 0 Å². The van der Waals surface area contributed by atoms with Gasteiger partial charge in [0, 0.05) is 6.42 Å². The number of rotatable bonds is 11. The maximum Gasteiger partial charge on any atom is 0.260 e. The Morgan fingerprint density at radius 1 is 0.950 bits per heavy atom. The first-order valence-corrected chi connectivity index (χ1v) is 7.83. The van der Waals surface area contributed by atoms with Crippen molar-refractivity contribution in [3.8, 4) is 0 Å². The van der Waals surface area contributed by atoms with Gasteiger partial charge in [0.05, 0.1) is 6.54 Å². The molecular weight excluding hydrogens is 258 g/mol. The summed E-state index contributed by atoms with van der Waals surface area (Å²) in [6.45, 7) is 8.23. The molecule has 2 nitrogen and oxygen atoms in total. The van der Waals surface area contributed by atoms with Crippen LogP contribution in [-0.4, -0.2) is 56.5 Å². The third-order valence-corrected chi connectivity index (χ3v) is 3.52. The maximum atomic E-state index is 13.7. The summed E-state index contributed by atoms with van der Waals surface area (Å²) in [5.41, 5.74) is 0. The van der Waals surface area contributed by atoms with Gasteiger partial charge >= 0.3 is 0 Å². The average Bonchev–Trinajstić information content (AvgIpc) is 2.23. The van der Waals surface area contributed by atoms with Crippen LogP contribution in [0.2, 0.25) is 0 Å². The molecule has 0 saturated heterocycles. The lowest BCUT2D eigenvalue weighted by molar-refractivity contribution is -0.0417. The number of halogens is 2. The van der Waals surface area contributed by atoms with Gasteiger partial charge < -0.3 is 9.80 Å². The highest BCUT2D eigenvalue weighted by Crippen LogP contribution is 2.25. The monoisotopic (exact) mass is 292 g/mol. The van der Waals surface area contributed by atoms with Crippen molar-refractivity contribution in [2.75, 3.05) is 40.8 Å². The molecule has 0 rings (SSSR count). The van der Waals surface area contributed by atoms with Crippen LogP contribution in [0.25, 0.3) is 0 Å².